The molecular weight excluding hydrogens is 384 g/mol. The van der Waals surface area contributed by atoms with Crippen LogP contribution in [0, 0.1) is 5.92 Å². The number of rotatable bonds is 7. The number of carbonyl (C=O) groups excluding carboxylic acids is 4. The molecule has 7 nitrogen and oxygen atoms in total. The SMILES string of the molecule is O=C(OCCN1C(=O)c2ccccc2C1=O)C1CC(=O)N(CCc2ccccc2)C1. The largest absolute Gasteiger partial charge is 0.464 e. The summed E-state index contributed by atoms with van der Waals surface area (Å²) in [6.07, 6.45) is 0.856. The molecule has 30 heavy (non-hydrogen) atoms. The van der Waals surface area contributed by atoms with Crippen molar-refractivity contribution in [3.05, 3.63) is 71.3 Å². The van der Waals surface area contributed by atoms with Crippen LogP contribution in [0.4, 0.5) is 0 Å². The number of ether oxygens (including phenoxy) is 1. The van der Waals surface area contributed by atoms with Crippen LogP contribution in [0.3, 0.4) is 0 Å². The van der Waals surface area contributed by atoms with Crippen molar-refractivity contribution in [3.63, 3.8) is 0 Å². The van der Waals surface area contributed by atoms with Gasteiger partial charge in [0.2, 0.25) is 5.91 Å². The molecule has 3 amide bonds. The molecular formula is C23H22N2O5. The highest BCUT2D eigenvalue weighted by Crippen LogP contribution is 2.23. The molecule has 0 bridgehead atoms. The monoisotopic (exact) mass is 406 g/mol. The summed E-state index contributed by atoms with van der Waals surface area (Å²) in [6.45, 7) is 0.800. The molecule has 1 saturated heterocycles. The molecule has 1 fully saturated rings. The van der Waals surface area contributed by atoms with Crippen LogP contribution in [-0.4, -0.2) is 59.7 Å². The first-order chi connectivity index (χ1) is 14.5. The highest BCUT2D eigenvalue weighted by atomic mass is 16.5. The molecule has 2 aromatic carbocycles. The zero-order valence-electron chi connectivity index (χ0n) is 16.5. The van der Waals surface area contributed by atoms with Gasteiger partial charge in [-0.1, -0.05) is 42.5 Å². The third-order valence-corrected chi connectivity index (χ3v) is 5.50. The molecule has 0 aliphatic carbocycles. The number of amides is 3. The lowest BCUT2D eigenvalue weighted by Gasteiger charge is -2.17. The van der Waals surface area contributed by atoms with Crippen molar-refractivity contribution in [3.8, 4) is 0 Å². The quantitative estimate of drug-likeness (QED) is 0.518. The van der Waals surface area contributed by atoms with E-state index in [4.69, 9.17) is 4.74 Å². The molecule has 0 spiro atoms. The molecule has 0 N–H and O–H groups in total. The highest BCUT2D eigenvalue weighted by Gasteiger charge is 2.37. The Balaban J connectivity index is 1.24. The van der Waals surface area contributed by atoms with E-state index >= 15 is 0 Å². The average Bonchev–Trinajstić information content (AvgIpc) is 3.26. The molecule has 2 aliphatic heterocycles. The number of likely N-dealkylation sites (tertiary alicyclic amines) is 1. The van der Waals surface area contributed by atoms with Gasteiger partial charge in [-0.3, -0.25) is 24.1 Å². The Morgan fingerprint density at radius 2 is 1.53 bits per heavy atom. The predicted octanol–water partition coefficient (Wildman–Crippen LogP) is 1.92. The Kier molecular flexibility index (Phi) is 5.61. The number of imide groups is 1. The van der Waals surface area contributed by atoms with E-state index in [1.54, 1.807) is 29.2 Å². The fraction of sp³-hybridized carbons (Fsp3) is 0.304. The molecule has 2 aromatic rings. The van der Waals surface area contributed by atoms with E-state index in [0.717, 1.165) is 16.9 Å². The number of carbonyl (C=O) groups is 4. The third-order valence-electron chi connectivity index (χ3n) is 5.50. The average molecular weight is 406 g/mol. The summed E-state index contributed by atoms with van der Waals surface area (Å²) in [7, 11) is 0. The minimum atomic E-state index is -0.518. The second kappa shape index (κ2) is 8.49. The van der Waals surface area contributed by atoms with Crippen molar-refractivity contribution in [1.29, 1.82) is 0 Å². The summed E-state index contributed by atoms with van der Waals surface area (Å²) in [5.41, 5.74) is 1.87. The predicted molar refractivity (Wildman–Crippen MR) is 108 cm³/mol. The molecule has 0 saturated carbocycles. The van der Waals surface area contributed by atoms with Crippen LogP contribution in [0.25, 0.3) is 0 Å². The van der Waals surface area contributed by atoms with Crippen LogP contribution in [0.1, 0.15) is 32.7 Å². The van der Waals surface area contributed by atoms with Gasteiger partial charge < -0.3 is 9.64 Å². The van der Waals surface area contributed by atoms with Crippen molar-refractivity contribution in [2.75, 3.05) is 26.2 Å². The Labute approximate surface area is 174 Å². The molecule has 0 aromatic heterocycles. The van der Waals surface area contributed by atoms with Gasteiger partial charge in [-0.05, 0) is 24.1 Å². The van der Waals surface area contributed by atoms with Gasteiger partial charge >= 0.3 is 5.97 Å². The van der Waals surface area contributed by atoms with Crippen LogP contribution in [-0.2, 0) is 20.7 Å². The standard InChI is InChI=1S/C23H22N2O5/c26-20-14-17(15-24(20)11-10-16-6-2-1-3-7-16)23(29)30-13-12-25-21(27)18-8-4-5-9-19(18)22(25)28/h1-9,17H,10-15H2. The lowest BCUT2D eigenvalue weighted by Crippen LogP contribution is -2.34. The zero-order valence-corrected chi connectivity index (χ0v) is 16.5. The number of benzene rings is 2. The van der Waals surface area contributed by atoms with Gasteiger partial charge in [0.25, 0.3) is 11.8 Å². The number of hydrogen-bond acceptors (Lipinski definition) is 5. The van der Waals surface area contributed by atoms with E-state index in [1.165, 1.54) is 0 Å². The van der Waals surface area contributed by atoms with Crippen LogP contribution < -0.4 is 0 Å². The van der Waals surface area contributed by atoms with E-state index < -0.39 is 11.9 Å². The van der Waals surface area contributed by atoms with Gasteiger partial charge in [0.15, 0.2) is 0 Å². The van der Waals surface area contributed by atoms with E-state index in [1.807, 2.05) is 30.3 Å². The van der Waals surface area contributed by atoms with Crippen molar-refractivity contribution in [1.82, 2.24) is 9.80 Å². The number of nitrogens with zero attached hydrogens (tertiary/aromatic N) is 2. The van der Waals surface area contributed by atoms with Gasteiger partial charge in [-0.25, -0.2) is 0 Å². The maximum absolute atomic E-state index is 12.4. The first kappa shape index (κ1) is 19.8. The zero-order chi connectivity index (χ0) is 21.1. The lowest BCUT2D eigenvalue weighted by molar-refractivity contribution is -0.148. The minimum absolute atomic E-state index is 0.00350. The first-order valence-corrected chi connectivity index (χ1v) is 9.98. The Bertz CT molecular complexity index is 953. The fourth-order valence-electron chi connectivity index (χ4n) is 3.85. The summed E-state index contributed by atoms with van der Waals surface area (Å²) in [5.74, 6) is -1.81. The maximum Gasteiger partial charge on any atom is 0.311 e. The number of fused-ring (bicyclic) bond motifs is 1. The van der Waals surface area contributed by atoms with Crippen molar-refractivity contribution < 1.29 is 23.9 Å². The first-order valence-electron chi connectivity index (χ1n) is 9.98. The van der Waals surface area contributed by atoms with Crippen molar-refractivity contribution in [2.24, 2.45) is 5.92 Å². The molecule has 7 heteroatoms. The Morgan fingerprint density at radius 3 is 2.20 bits per heavy atom. The van der Waals surface area contributed by atoms with Gasteiger partial charge in [0.1, 0.15) is 6.61 Å². The van der Waals surface area contributed by atoms with Gasteiger partial charge in [-0.2, -0.15) is 0 Å². The topological polar surface area (TPSA) is 84.0 Å². The van der Waals surface area contributed by atoms with Gasteiger partial charge in [0, 0.05) is 19.5 Å². The lowest BCUT2D eigenvalue weighted by atomic mass is 10.1. The van der Waals surface area contributed by atoms with Crippen LogP contribution in [0.15, 0.2) is 54.6 Å². The van der Waals surface area contributed by atoms with E-state index in [0.29, 0.717) is 24.2 Å². The van der Waals surface area contributed by atoms with E-state index in [-0.39, 0.29) is 37.3 Å². The summed E-state index contributed by atoms with van der Waals surface area (Å²) in [4.78, 5) is 52.0. The normalized spacial score (nSPS) is 18.1. The molecule has 1 unspecified atom stereocenters. The second-order valence-corrected chi connectivity index (χ2v) is 7.45. The smallest absolute Gasteiger partial charge is 0.311 e. The van der Waals surface area contributed by atoms with Crippen LogP contribution >= 0.6 is 0 Å². The van der Waals surface area contributed by atoms with Gasteiger partial charge in [-0.15, -0.1) is 0 Å². The van der Waals surface area contributed by atoms with Crippen LogP contribution in [0.2, 0.25) is 0 Å². The number of esters is 1. The molecule has 1 atom stereocenters. The second-order valence-electron chi connectivity index (χ2n) is 7.45. The maximum atomic E-state index is 12.4. The van der Waals surface area contributed by atoms with Crippen molar-refractivity contribution in [2.45, 2.75) is 12.8 Å². The Morgan fingerprint density at radius 1 is 0.900 bits per heavy atom. The molecule has 0 radical (unpaired) electrons. The van der Waals surface area contributed by atoms with E-state index in [9.17, 15) is 19.2 Å². The molecule has 154 valence electrons. The minimum Gasteiger partial charge on any atom is -0.464 e. The fourth-order valence-corrected chi connectivity index (χ4v) is 3.85. The van der Waals surface area contributed by atoms with Gasteiger partial charge in [0.05, 0.1) is 23.6 Å². The summed E-state index contributed by atoms with van der Waals surface area (Å²) in [6, 6.07) is 16.5. The van der Waals surface area contributed by atoms with Crippen LogP contribution in [0.5, 0.6) is 0 Å². The highest BCUT2D eigenvalue weighted by molar-refractivity contribution is 6.21. The van der Waals surface area contributed by atoms with Crippen molar-refractivity contribution >= 4 is 23.7 Å². The van der Waals surface area contributed by atoms with E-state index in [2.05, 4.69) is 0 Å². The summed E-state index contributed by atoms with van der Waals surface area (Å²) < 4.78 is 5.28. The molecule has 2 heterocycles. The molecule has 4 rings (SSSR count). The number of hydrogen-bond donors (Lipinski definition) is 0. The Hall–Kier alpha value is -3.48. The summed E-state index contributed by atoms with van der Waals surface area (Å²) >= 11 is 0. The summed E-state index contributed by atoms with van der Waals surface area (Å²) in [5, 5.41) is 0. The molecule has 2 aliphatic rings. The third kappa shape index (κ3) is 3.96.